The van der Waals surface area contributed by atoms with E-state index in [4.69, 9.17) is 4.52 Å². The van der Waals surface area contributed by atoms with Crippen molar-refractivity contribution in [3.05, 3.63) is 22.7 Å². The molecule has 0 saturated carbocycles. The zero-order chi connectivity index (χ0) is 13.1. The molecule has 2 aromatic heterocycles. The lowest BCUT2D eigenvalue weighted by Gasteiger charge is -2.27. The van der Waals surface area contributed by atoms with Gasteiger partial charge in [-0.2, -0.15) is 16.3 Å². The van der Waals surface area contributed by atoms with Crippen LogP contribution in [0.4, 0.5) is 0 Å². The van der Waals surface area contributed by atoms with Gasteiger partial charge in [0.1, 0.15) is 6.29 Å². The Bertz CT molecular complexity index is 530. The summed E-state index contributed by atoms with van der Waals surface area (Å²) in [6, 6.07) is 1.98. The van der Waals surface area contributed by atoms with Gasteiger partial charge in [-0.15, -0.1) is 0 Å². The van der Waals surface area contributed by atoms with E-state index in [-0.39, 0.29) is 5.92 Å². The Balaban J connectivity index is 1.60. The van der Waals surface area contributed by atoms with E-state index in [1.165, 1.54) is 0 Å². The molecule has 0 radical (unpaired) electrons. The van der Waals surface area contributed by atoms with Crippen molar-refractivity contribution in [2.45, 2.75) is 19.4 Å². The van der Waals surface area contributed by atoms with Gasteiger partial charge in [-0.05, 0) is 37.4 Å². The van der Waals surface area contributed by atoms with E-state index < -0.39 is 0 Å². The summed E-state index contributed by atoms with van der Waals surface area (Å²) in [5, 5.41) is 7.99. The maximum absolute atomic E-state index is 10.7. The SMILES string of the molecule is O=CC1CCN(Cc2nc(-c3ccsc3)no2)CC1. The molecule has 1 fully saturated rings. The van der Waals surface area contributed by atoms with Gasteiger partial charge in [0.05, 0.1) is 6.54 Å². The van der Waals surface area contributed by atoms with Gasteiger partial charge in [0.25, 0.3) is 0 Å². The van der Waals surface area contributed by atoms with Gasteiger partial charge in [0.15, 0.2) is 0 Å². The molecule has 100 valence electrons. The second kappa shape index (κ2) is 5.63. The number of piperidine rings is 1. The van der Waals surface area contributed by atoms with E-state index in [0.717, 1.165) is 37.8 Å². The van der Waals surface area contributed by atoms with Crippen LogP contribution in [0.5, 0.6) is 0 Å². The molecule has 0 aromatic carbocycles. The molecule has 1 aliphatic heterocycles. The van der Waals surface area contributed by atoms with E-state index in [1.807, 2.05) is 16.8 Å². The minimum Gasteiger partial charge on any atom is -0.338 e. The molecular weight excluding hydrogens is 262 g/mol. The van der Waals surface area contributed by atoms with Gasteiger partial charge in [0.2, 0.25) is 11.7 Å². The Morgan fingerprint density at radius 1 is 1.47 bits per heavy atom. The van der Waals surface area contributed by atoms with Gasteiger partial charge >= 0.3 is 0 Å². The monoisotopic (exact) mass is 277 g/mol. The van der Waals surface area contributed by atoms with E-state index in [2.05, 4.69) is 15.0 Å². The van der Waals surface area contributed by atoms with Crippen LogP contribution >= 0.6 is 11.3 Å². The van der Waals surface area contributed by atoms with Crippen molar-refractivity contribution in [3.63, 3.8) is 0 Å². The van der Waals surface area contributed by atoms with E-state index in [0.29, 0.717) is 18.3 Å². The van der Waals surface area contributed by atoms with Gasteiger partial charge in [-0.25, -0.2) is 0 Å². The molecule has 19 heavy (non-hydrogen) atoms. The van der Waals surface area contributed by atoms with Crippen LogP contribution in [0.3, 0.4) is 0 Å². The fourth-order valence-corrected chi connectivity index (χ4v) is 2.90. The highest BCUT2D eigenvalue weighted by Gasteiger charge is 2.20. The van der Waals surface area contributed by atoms with Gasteiger partial charge < -0.3 is 9.32 Å². The van der Waals surface area contributed by atoms with Crippen molar-refractivity contribution < 1.29 is 9.32 Å². The molecule has 3 rings (SSSR count). The van der Waals surface area contributed by atoms with Gasteiger partial charge in [-0.1, -0.05) is 5.16 Å². The van der Waals surface area contributed by atoms with Crippen LogP contribution < -0.4 is 0 Å². The highest BCUT2D eigenvalue weighted by molar-refractivity contribution is 7.08. The van der Waals surface area contributed by atoms with Crippen molar-refractivity contribution in [2.24, 2.45) is 5.92 Å². The number of hydrogen-bond acceptors (Lipinski definition) is 6. The van der Waals surface area contributed by atoms with Crippen molar-refractivity contribution in [2.75, 3.05) is 13.1 Å². The fourth-order valence-electron chi connectivity index (χ4n) is 2.27. The van der Waals surface area contributed by atoms with Crippen LogP contribution in [0, 0.1) is 5.92 Å². The molecular formula is C13H15N3O2S. The highest BCUT2D eigenvalue weighted by atomic mass is 32.1. The molecule has 0 atom stereocenters. The first-order valence-corrected chi connectivity index (χ1v) is 7.32. The van der Waals surface area contributed by atoms with Gasteiger partial charge in [-0.3, -0.25) is 4.90 Å². The summed E-state index contributed by atoms with van der Waals surface area (Å²) in [6.07, 6.45) is 2.92. The predicted octanol–water partition coefficient (Wildman–Crippen LogP) is 2.21. The summed E-state index contributed by atoms with van der Waals surface area (Å²) in [5.41, 5.74) is 1.000. The second-order valence-corrected chi connectivity index (χ2v) is 5.55. The quantitative estimate of drug-likeness (QED) is 0.802. The molecule has 0 unspecified atom stereocenters. The Hall–Kier alpha value is -1.53. The third-order valence-electron chi connectivity index (χ3n) is 3.43. The van der Waals surface area contributed by atoms with E-state index in [9.17, 15) is 4.79 Å². The summed E-state index contributed by atoms with van der Waals surface area (Å²) in [7, 11) is 0. The molecule has 1 saturated heterocycles. The number of aldehydes is 1. The molecule has 0 spiro atoms. The Morgan fingerprint density at radius 3 is 3.00 bits per heavy atom. The predicted molar refractivity (Wildman–Crippen MR) is 71.7 cm³/mol. The average Bonchev–Trinajstić information content (AvgIpc) is 3.10. The summed E-state index contributed by atoms with van der Waals surface area (Å²) < 4.78 is 5.28. The molecule has 0 bridgehead atoms. The molecule has 6 heteroatoms. The smallest absolute Gasteiger partial charge is 0.241 e. The number of thiophene rings is 1. The lowest BCUT2D eigenvalue weighted by atomic mass is 9.99. The standard InChI is InChI=1S/C13H15N3O2S/c17-8-10-1-4-16(5-2-10)7-12-14-13(15-18-12)11-3-6-19-9-11/h3,6,8-10H,1-2,4-5,7H2. The number of carbonyl (C=O) groups excluding carboxylic acids is 1. The fraction of sp³-hybridized carbons (Fsp3) is 0.462. The Kier molecular flexibility index (Phi) is 3.70. The topological polar surface area (TPSA) is 59.2 Å². The van der Waals surface area contributed by atoms with Crippen molar-refractivity contribution >= 4 is 17.6 Å². The van der Waals surface area contributed by atoms with Crippen LogP contribution in [0.2, 0.25) is 0 Å². The van der Waals surface area contributed by atoms with Crippen LogP contribution in [0.15, 0.2) is 21.3 Å². The number of nitrogens with zero attached hydrogens (tertiary/aromatic N) is 3. The molecule has 0 N–H and O–H groups in total. The Morgan fingerprint density at radius 2 is 2.32 bits per heavy atom. The maximum Gasteiger partial charge on any atom is 0.241 e. The highest BCUT2D eigenvalue weighted by Crippen LogP contribution is 2.20. The minimum absolute atomic E-state index is 0.223. The summed E-state index contributed by atoms with van der Waals surface area (Å²) in [4.78, 5) is 17.4. The number of aromatic nitrogens is 2. The molecule has 5 nitrogen and oxygen atoms in total. The number of hydrogen-bond donors (Lipinski definition) is 0. The third kappa shape index (κ3) is 2.90. The zero-order valence-corrected chi connectivity index (χ0v) is 11.3. The van der Waals surface area contributed by atoms with Crippen molar-refractivity contribution in [3.8, 4) is 11.4 Å². The maximum atomic E-state index is 10.7. The number of carbonyl (C=O) groups is 1. The minimum atomic E-state index is 0.223. The lowest BCUT2D eigenvalue weighted by molar-refractivity contribution is -0.112. The summed E-state index contributed by atoms with van der Waals surface area (Å²) >= 11 is 1.62. The molecule has 3 heterocycles. The lowest BCUT2D eigenvalue weighted by Crippen LogP contribution is -2.33. The molecule has 1 aliphatic rings. The van der Waals surface area contributed by atoms with Crippen LogP contribution in [-0.2, 0) is 11.3 Å². The average molecular weight is 277 g/mol. The third-order valence-corrected chi connectivity index (χ3v) is 4.11. The zero-order valence-electron chi connectivity index (χ0n) is 10.5. The van der Waals surface area contributed by atoms with E-state index in [1.54, 1.807) is 11.3 Å². The van der Waals surface area contributed by atoms with Crippen LogP contribution in [-0.4, -0.2) is 34.4 Å². The summed E-state index contributed by atoms with van der Waals surface area (Å²) in [5.74, 6) is 1.52. The molecule has 0 amide bonds. The number of rotatable bonds is 4. The Labute approximate surface area is 115 Å². The van der Waals surface area contributed by atoms with Crippen LogP contribution in [0.25, 0.3) is 11.4 Å². The number of likely N-dealkylation sites (tertiary alicyclic amines) is 1. The first-order valence-electron chi connectivity index (χ1n) is 6.38. The largest absolute Gasteiger partial charge is 0.338 e. The van der Waals surface area contributed by atoms with E-state index >= 15 is 0 Å². The van der Waals surface area contributed by atoms with Gasteiger partial charge in [0, 0.05) is 16.9 Å². The second-order valence-electron chi connectivity index (χ2n) is 4.77. The normalized spacial score (nSPS) is 17.7. The van der Waals surface area contributed by atoms with Crippen LogP contribution in [0.1, 0.15) is 18.7 Å². The summed E-state index contributed by atoms with van der Waals surface area (Å²) in [6.45, 7) is 2.50. The first kappa shape index (κ1) is 12.5. The van der Waals surface area contributed by atoms with Crippen molar-refractivity contribution in [1.29, 1.82) is 0 Å². The molecule has 0 aliphatic carbocycles. The first-order chi connectivity index (χ1) is 9.35. The van der Waals surface area contributed by atoms with Crippen molar-refractivity contribution in [1.82, 2.24) is 15.0 Å². The molecule has 2 aromatic rings.